The lowest BCUT2D eigenvalue weighted by Gasteiger charge is -2.23. The highest BCUT2D eigenvalue weighted by molar-refractivity contribution is 5.98. The Morgan fingerprint density at radius 2 is 1.21 bits per heavy atom. The van der Waals surface area contributed by atoms with E-state index < -0.39 is 35.9 Å². The minimum atomic E-state index is -1.17. The number of carbonyl (C=O) groups excluding carboxylic acids is 5. The quantitative estimate of drug-likeness (QED) is 0.0326. The minimum absolute atomic E-state index is 0.0291. The normalized spacial score (nSPS) is 12.4. The third-order valence-electron chi connectivity index (χ3n) is 8.22. The van der Waals surface area contributed by atoms with Gasteiger partial charge in [-0.25, -0.2) is 19.2 Å². The zero-order valence-electron chi connectivity index (χ0n) is 33.8. The number of esters is 2. The molecule has 310 valence electrons. The summed E-state index contributed by atoms with van der Waals surface area (Å²) in [6.07, 6.45) is 6.21. The molecule has 0 aromatic heterocycles. The van der Waals surface area contributed by atoms with Gasteiger partial charge in [-0.15, -0.1) is 4.99 Å². The third-order valence-corrected chi connectivity index (χ3v) is 8.22. The molecule has 14 nitrogen and oxygen atoms in total. The molecule has 56 heavy (non-hydrogen) atoms. The van der Waals surface area contributed by atoms with E-state index in [1.54, 1.807) is 69.3 Å². The van der Waals surface area contributed by atoms with Crippen molar-refractivity contribution in [3.05, 3.63) is 71.8 Å². The van der Waals surface area contributed by atoms with E-state index in [1.807, 2.05) is 12.1 Å². The Balaban J connectivity index is 1.98. The van der Waals surface area contributed by atoms with Gasteiger partial charge >= 0.3 is 30.2 Å². The van der Waals surface area contributed by atoms with Gasteiger partial charge < -0.3 is 34.3 Å². The van der Waals surface area contributed by atoms with E-state index in [0.29, 0.717) is 12.8 Å². The van der Waals surface area contributed by atoms with Crippen LogP contribution >= 0.6 is 0 Å². The topological polar surface area (TPSA) is 180 Å². The van der Waals surface area contributed by atoms with E-state index in [0.717, 1.165) is 62.5 Å². The first-order valence-corrected chi connectivity index (χ1v) is 19.7. The molecule has 3 N–H and O–H groups in total. The van der Waals surface area contributed by atoms with Crippen molar-refractivity contribution in [3.63, 3.8) is 0 Å². The van der Waals surface area contributed by atoms with Crippen LogP contribution in [0, 0.1) is 5.92 Å². The van der Waals surface area contributed by atoms with Gasteiger partial charge in [0.05, 0.1) is 19.1 Å². The van der Waals surface area contributed by atoms with E-state index >= 15 is 0 Å². The van der Waals surface area contributed by atoms with Gasteiger partial charge in [0, 0.05) is 6.54 Å². The highest BCUT2D eigenvalue weighted by atomic mass is 16.6. The summed E-state index contributed by atoms with van der Waals surface area (Å²) in [7, 11) is 0. The van der Waals surface area contributed by atoms with Crippen LogP contribution in [0.1, 0.15) is 116 Å². The molecule has 14 heteroatoms. The molecule has 2 aromatic carbocycles. The van der Waals surface area contributed by atoms with Crippen molar-refractivity contribution in [1.29, 1.82) is 0 Å². The van der Waals surface area contributed by atoms with Crippen LogP contribution in [0.5, 0.6) is 0 Å². The number of hydrogen-bond donors (Lipinski definition) is 3. The number of benzene rings is 2. The maximum atomic E-state index is 13.2. The van der Waals surface area contributed by atoms with Crippen LogP contribution in [-0.4, -0.2) is 67.6 Å². The first-order valence-electron chi connectivity index (χ1n) is 19.7. The first-order chi connectivity index (χ1) is 26.9. The molecule has 0 aliphatic rings. The average Bonchev–Trinajstić information content (AvgIpc) is 3.16. The number of guanidine groups is 1. The first kappa shape index (κ1) is 47.0. The maximum absolute atomic E-state index is 13.2. The van der Waals surface area contributed by atoms with Gasteiger partial charge in [0.2, 0.25) is 5.96 Å². The van der Waals surface area contributed by atoms with Crippen molar-refractivity contribution in [2.75, 3.05) is 19.8 Å². The van der Waals surface area contributed by atoms with Gasteiger partial charge in [0.25, 0.3) is 0 Å². The number of alkyl carbamates (subject to hydrolysis) is 2. The number of unbranched alkanes of at least 4 members (excludes halogenated alkanes) is 5. The van der Waals surface area contributed by atoms with Crippen molar-refractivity contribution >= 4 is 36.2 Å². The minimum Gasteiger partial charge on any atom is -0.465 e. The second kappa shape index (κ2) is 27.4. The SMILES string of the molecule is CCCCCCC(CCCC)C(=O)OCCCCOC(=O)[C@H](CCN/C(=N\C(=O)OCc1ccccc1)NC(=O)OCc1ccccc1)NC(=O)OC(C)(C)C. The molecule has 0 heterocycles. The summed E-state index contributed by atoms with van der Waals surface area (Å²) in [5.74, 6) is -1.29. The molecule has 2 aromatic rings. The van der Waals surface area contributed by atoms with E-state index in [2.05, 4.69) is 34.8 Å². The Morgan fingerprint density at radius 3 is 1.80 bits per heavy atom. The second-order valence-electron chi connectivity index (χ2n) is 14.3. The Labute approximate surface area is 331 Å². The average molecular weight is 783 g/mol. The molecule has 0 bridgehead atoms. The molecular weight excluding hydrogens is 720 g/mol. The smallest absolute Gasteiger partial charge is 0.437 e. The Hall–Kier alpha value is -5.14. The summed E-state index contributed by atoms with van der Waals surface area (Å²) >= 11 is 0. The van der Waals surface area contributed by atoms with E-state index in [9.17, 15) is 24.0 Å². The molecule has 0 saturated heterocycles. The number of rotatable bonds is 23. The number of carbonyl (C=O) groups is 5. The lowest BCUT2D eigenvalue weighted by molar-refractivity contribution is -0.150. The fraction of sp³-hybridized carbons (Fsp3) is 0.571. The largest absolute Gasteiger partial charge is 0.465 e. The summed E-state index contributed by atoms with van der Waals surface area (Å²) in [5, 5.41) is 7.74. The Morgan fingerprint density at radius 1 is 0.643 bits per heavy atom. The van der Waals surface area contributed by atoms with Gasteiger partial charge in [0.15, 0.2) is 0 Å². The van der Waals surface area contributed by atoms with Crippen molar-refractivity contribution < 1.29 is 47.7 Å². The molecule has 2 atom stereocenters. The number of hydrogen-bond acceptors (Lipinski definition) is 10. The number of nitrogens with zero attached hydrogens (tertiary/aromatic N) is 1. The summed E-state index contributed by atoms with van der Waals surface area (Å²) < 4.78 is 26.9. The maximum Gasteiger partial charge on any atom is 0.437 e. The number of aliphatic imine (C=N–C) groups is 1. The lowest BCUT2D eigenvalue weighted by atomic mass is 9.95. The zero-order chi connectivity index (χ0) is 41.0. The van der Waals surface area contributed by atoms with Crippen LogP contribution in [-0.2, 0) is 46.5 Å². The molecule has 2 rings (SSSR count). The standard InChI is InChI=1S/C42H62N4O10/c1-6-8-10-17-25-34(24-9-7-2)36(47)52-28-18-19-29-53-37(48)35(44-41(51)56-42(3,4)5)26-27-43-38(45-39(49)54-30-32-20-13-11-14-21-32)46-40(50)55-31-33-22-15-12-16-23-33/h11-16,20-23,34-35H,6-10,17-19,24-31H2,1-5H3,(H,44,51)(H2,43,45,46,49,50)/t34?,35-/m0/s1. The molecule has 0 fully saturated rings. The summed E-state index contributed by atoms with van der Waals surface area (Å²) in [6.45, 7) is 9.43. The predicted octanol–water partition coefficient (Wildman–Crippen LogP) is 8.12. The Kier molecular flexibility index (Phi) is 23.0. The van der Waals surface area contributed by atoms with Crippen LogP contribution < -0.4 is 16.0 Å². The lowest BCUT2D eigenvalue weighted by Crippen LogP contribution is -2.47. The molecule has 0 radical (unpaired) electrons. The van der Waals surface area contributed by atoms with Gasteiger partial charge in [-0.05, 0) is 64.0 Å². The summed E-state index contributed by atoms with van der Waals surface area (Å²) in [5.41, 5.74) is 0.653. The molecular formula is C42H62N4O10. The molecule has 0 aliphatic heterocycles. The zero-order valence-corrected chi connectivity index (χ0v) is 33.8. The summed E-state index contributed by atoms with van der Waals surface area (Å²) in [6, 6.07) is 16.8. The monoisotopic (exact) mass is 782 g/mol. The Bertz CT molecular complexity index is 1480. The predicted molar refractivity (Wildman–Crippen MR) is 213 cm³/mol. The van der Waals surface area contributed by atoms with Crippen LogP contribution in [0.15, 0.2) is 65.7 Å². The van der Waals surface area contributed by atoms with E-state index in [4.69, 9.17) is 23.7 Å². The highest BCUT2D eigenvalue weighted by Gasteiger charge is 2.26. The fourth-order valence-electron chi connectivity index (χ4n) is 5.26. The number of ether oxygens (including phenoxy) is 5. The summed E-state index contributed by atoms with van der Waals surface area (Å²) in [4.78, 5) is 67.8. The number of amides is 3. The van der Waals surface area contributed by atoms with Crippen molar-refractivity contribution in [1.82, 2.24) is 16.0 Å². The molecule has 3 amide bonds. The van der Waals surface area contributed by atoms with Gasteiger partial charge in [-0.3, -0.25) is 10.1 Å². The molecule has 1 unspecified atom stereocenters. The molecule has 0 aliphatic carbocycles. The van der Waals surface area contributed by atoms with Crippen molar-refractivity contribution in [2.45, 2.75) is 130 Å². The van der Waals surface area contributed by atoms with E-state index in [1.165, 1.54) is 0 Å². The van der Waals surface area contributed by atoms with Crippen LogP contribution in [0.25, 0.3) is 0 Å². The van der Waals surface area contributed by atoms with Crippen LogP contribution in [0.4, 0.5) is 14.4 Å². The van der Waals surface area contributed by atoms with Crippen LogP contribution in [0.3, 0.4) is 0 Å². The molecule has 0 saturated carbocycles. The highest BCUT2D eigenvalue weighted by Crippen LogP contribution is 2.19. The fourth-order valence-corrected chi connectivity index (χ4v) is 5.26. The second-order valence-corrected chi connectivity index (χ2v) is 14.3. The van der Waals surface area contributed by atoms with Gasteiger partial charge in [0.1, 0.15) is 24.9 Å². The van der Waals surface area contributed by atoms with E-state index in [-0.39, 0.29) is 57.2 Å². The van der Waals surface area contributed by atoms with Gasteiger partial charge in [-0.2, -0.15) is 0 Å². The van der Waals surface area contributed by atoms with Crippen molar-refractivity contribution in [2.24, 2.45) is 10.9 Å². The third kappa shape index (κ3) is 22.3. The molecule has 0 spiro atoms. The van der Waals surface area contributed by atoms with Crippen LogP contribution in [0.2, 0.25) is 0 Å². The number of nitrogens with one attached hydrogen (secondary N) is 3. The van der Waals surface area contributed by atoms with Gasteiger partial charge in [-0.1, -0.05) is 113 Å². The van der Waals surface area contributed by atoms with Crippen molar-refractivity contribution in [3.8, 4) is 0 Å².